The molecule has 0 saturated carbocycles. The van der Waals surface area contributed by atoms with Gasteiger partial charge in [0.25, 0.3) is 0 Å². The monoisotopic (exact) mass is 390 g/mol. The quantitative estimate of drug-likeness (QED) is 0.345. The Morgan fingerprint density at radius 2 is 0.483 bits per heavy atom. The van der Waals surface area contributed by atoms with Crippen LogP contribution in [0.5, 0.6) is 34.5 Å². The Morgan fingerprint density at radius 1 is 0.310 bits per heavy atom. The SMILES string of the molecule is Fc1ccc(Oc2ccc(Oc3ccc(Oc4ccc(F)cc4)cc3)cc2)cc1. The zero-order valence-electron chi connectivity index (χ0n) is 15.2. The largest absolute Gasteiger partial charge is 0.457 e. The van der Waals surface area contributed by atoms with Gasteiger partial charge in [-0.1, -0.05) is 0 Å². The van der Waals surface area contributed by atoms with Crippen LogP contribution < -0.4 is 14.2 Å². The summed E-state index contributed by atoms with van der Waals surface area (Å²) in [7, 11) is 0. The van der Waals surface area contributed by atoms with Gasteiger partial charge >= 0.3 is 0 Å². The second-order valence-corrected chi connectivity index (χ2v) is 6.16. The Bertz CT molecular complexity index is 970. The zero-order chi connectivity index (χ0) is 20.1. The molecule has 0 bridgehead atoms. The van der Waals surface area contributed by atoms with E-state index >= 15 is 0 Å². The molecule has 0 unspecified atom stereocenters. The van der Waals surface area contributed by atoms with Crippen LogP contribution in [-0.4, -0.2) is 0 Å². The lowest BCUT2D eigenvalue weighted by atomic mass is 10.3. The van der Waals surface area contributed by atoms with Crippen LogP contribution in [0.4, 0.5) is 8.78 Å². The molecular formula is C24H16F2O3. The van der Waals surface area contributed by atoms with Crippen molar-refractivity contribution in [2.24, 2.45) is 0 Å². The molecule has 4 rings (SSSR count). The first kappa shape index (κ1) is 18.5. The Morgan fingerprint density at radius 3 is 0.690 bits per heavy atom. The fourth-order valence-electron chi connectivity index (χ4n) is 2.56. The first-order valence-corrected chi connectivity index (χ1v) is 8.89. The highest BCUT2D eigenvalue weighted by atomic mass is 19.1. The van der Waals surface area contributed by atoms with E-state index in [1.54, 1.807) is 72.8 Å². The van der Waals surface area contributed by atoms with Crippen molar-refractivity contribution in [2.75, 3.05) is 0 Å². The molecule has 0 fully saturated rings. The van der Waals surface area contributed by atoms with Crippen LogP contribution in [0.3, 0.4) is 0 Å². The van der Waals surface area contributed by atoms with E-state index in [1.807, 2.05) is 0 Å². The molecule has 0 spiro atoms. The lowest BCUT2D eigenvalue weighted by Crippen LogP contribution is -1.88. The zero-order valence-corrected chi connectivity index (χ0v) is 15.2. The maximum atomic E-state index is 12.9. The summed E-state index contributed by atoms with van der Waals surface area (Å²) >= 11 is 0. The normalized spacial score (nSPS) is 10.4. The van der Waals surface area contributed by atoms with E-state index < -0.39 is 0 Å². The minimum atomic E-state index is -0.310. The molecule has 0 atom stereocenters. The molecule has 29 heavy (non-hydrogen) atoms. The van der Waals surface area contributed by atoms with E-state index in [4.69, 9.17) is 14.2 Å². The Balaban J connectivity index is 1.36. The van der Waals surface area contributed by atoms with Crippen molar-refractivity contribution in [2.45, 2.75) is 0 Å². The first-order valence-electron chi connectivity index (χ1n) is 8.89. The molecule has 4 aromatic carbocycles. The van der Waals surface area contributed by atoms with Gasteiger partial charge in [0.2, 0.25) is 0 Å². The summed E-state index contributed by atoms with van der Waals surface area (Å²) in [5.74, 6) is 3.00. The average Bonchev–Trinajstić information content (AvgIpc) is 2.74. The number of hydrogen-bond donors (Lipinski definition) is 0. The lowest BCUT2D eigenvalue weighted by molar-refractivity contribution is 0.463. The predicted molar refractivity (Wildman–Crippen MR) is 106 cm³/mol. The third kappa shape index (κ3) is 5.11. The fraction of sp³-hybridized carbons (Fsp3) is 0. The van der Waals surface area contributed by atoms with Crippen LogP contribution in [0.15, 0.2) is 97.1 Å². The maximum Gasteiger partial charge on any atom is 0.127 e. The molecule has 0 aliphatic rings. The fourth-order valence-corrected chi connectivity index (χ4v) is 2.56. The minimum Gasteiger partial charge on any atom is -0.457 e. The Hall–Kier alpha value is -3.86. The molecule has 0 aromatic heterocycles. The molecule has 4 aromatic rings. The molecule has 0 aliphatic carbocycles. The molecule has 0 aliphatic heterocycles. The highest BCUT2D eigenvalue weighted by Crippen LogP contribution is 2.29. The lowest BCUT2D eigenvalue weighted by Gasteiger charge is -2.09. The van der Waals surface area contributed by atoms with E-state index in [0.717, 1.165) is 0 Å². The number of rotatable bonds is 6. The molecule has 0 N–H and O–H groups in total. The van der Waals surface area contributed by atoms with Gasteiger partial charge in [0.15, 0.2) is 0 Å². The van der Waals surface area contributed by atoms with Gasteiger partial charge in [-0.3, -0.25) is 0 Å². The number of benzene rings is 4. The maximum absolute atomic E-state index is 12.9. The van der Waals surface area contributed by atoms with Crippen LogP contribution in [0, 0.1) is 11.6 Å². The van der Waals surface area contributed by atoms with Crippen LogP contribution in [0.2, 0.25) is 0 Å². The van der Waals surface area contributed by atoms with Crippen molar-refractivity contribution in [3.63, 3.8) is 0 Å². The third-order valence-electron chi connectivity index (χ3n) is 3.98. The summed E-state index contributed by atoms with van der Waals surface area (Å²) in [5.41, 5.74) is 0. The Kier molecular flexibility index (Phi) is 5.38. The summed E-state index contributed by atoms with van der Waals surface area (Å²) in [6.45, 7) is 0. The Labute approximate surface area is 166 Å². The molecule has 3 nitrogen and oxygen atoms in total. The van der Waals surface area contributed by atoms with Gasteiger partial charge in [0.05, 0.1) is 0 Å². The second-order valence-electron chi connectivity index (χ2n) is 6.16. The highest BCUT2D eigenvalue weighted by molar-refractivity contribution is 5.40. The third-order valence-corrected chi connectivity index (χ3v) is 3.98. The summed E-state index contributed by atoms with van der Waals surface area (Å²) in [6, 6.07) is 25.8. The van der Waals surface area contributed by atoms with Gasteiger partial charge in [-0.15, -0.1) is 0 Å². The second kappa shape index (κ2) is 8.44. The van der Waals surface area contributed by atoms with Gasteiger partial charge in [-0.05, 0) is 97.1 Å². The van der Waals surface area contributed by atoms with E-state index in [2.05, 4.69) is 0 Å². The summed E-state index contributed by atoms with van der Waals surface area (Å²) in [5, 5.41) is 0. The molecule has 0 saturated heterocycles. The van der Waals surface area contributed by atoms with Crippen LogP contribution in [0.1, 0.15) is 0 Å². The van der Waals surface area contributed by atoms with Crippen LogP contribution >= 0.6 is 0 Å². The molecule has 0 heterocycles. The van der Waals surface area contributed by atoms with Gasteiger partial charge in [-0.2, -0.15) is 0 Å². The predicted octanol–water partition coefficient (Wildman–Crippen LogP) is 7.34. The van der Waals surface area contributed by atoms with Gasteiger partial charge in [0, 0.05) is 0 Å². The van der Waals surface area contributed by atoms with Crippen LogP contribution in [-0.2, 0) is 0 Å². The van der Waals surface area contributed by atoms with Crippen molar-refractivity contribution in [1.82, 2.24) is 0 Å². The van der Waals surface area contributed by atoms with E-state index in [9.17, 15) is 8.78 Å². The van der Waals surface area contributed by atoms with E-state index in [0.29, 0.717) is 34.5 Å². The summed E-state index contributed by atoms with van der Waals surface area (Å²) in [6.07, 6.45) is 0. The van der Waals surface area contributed by atoms with Crippen LogP contribution in [0.25, 0.3) is 0 Å². The smallest absolute Gasteiger partial charge is 0.127 e. The number of ether oxygens (including phenoxy) is 3. The molecular weight excluding hydrogens is 374 g/mol. The molecule has 0 radical (unpaired) electrons. The highest BCUT2D eigenvalue weighted by Gasteiger charge is 2.03. The number of halogens is 2. The van der Waals surface area contributed by atoms with E-state index in [1.165, 1.54) is 24.3 Å². The van der Waals surface area contributed by atoms with Crippen molar-refractivity contribution in [3.8, 4) is 34.5 Å². The summed E-state index contributed by atoms with van der Waals surface area (Å²) in [4.78, 5) is 0. The van der Waals surface area contributed by atoms with E-state index in [-0.39, 0.29) is 11.6 Å². The summed E-state index contributed by atoms with van der Waals surface area (Å²) < 4.78 is 43.0. The first-order chi connectivity index (χ1) is 14.1. The van der Waals surface area contributed by atoms with Crippen molar-refractivity contribution < 1.29 is 23.0 Å². The molecule has 144 valence electrons. The van der Waals surface area contributed by atoms with Gasteiger partial charge in [0.1, 0.15) is 46.1 Å². The topological polar surface area (TPSA) is 27.7 Å². The van der Waals surface area contributed by atoms with Crippen molar-refractivity contribution >= 4 is 0 Å². The van der Waals surface area contributed by atoms with Gasteiger partial charge < -0.3 is 14.2 Å². The molecule has 5 heteroatoms. The van der Waals surface area contributed by atoms with Crippen molar-refractivity contribution in [3.05, 3.63) is 109 Å². The molecule has 0 amide bonds. The van der Waals surface area contributed by atoms with Crippen molar-refractivity contribution in [1.29, 1.82) is 0 Å². The minimum absolute atomic E-state index is 0.310. The number of hydrogen-bond acceptors (Lipinski definition) is 3. The average molecular weight is 390 g/mol. The van der Waals surface area contributed by atoms with Gasteiger partial charge in [-0.25, -0.2) is 8.78 Å². The standard InChI is InChI=1S/C24H16F2O3/c25-17-1-5-19(6-2-17)27-21-9-13-23(14-10-21)29-24-15-11-22(12-16-24)28-20-7-3-18(26)4-8-20/h1-16H.